The number of anilines is 1. The Balaban J connectivity index is 1.59. The molecule has 0 N–H and O–H groups in total. The van der Waals surface area contributed by atoms with E-state index in [0.717, 1.165) is 12.3 Å². The summed E-state index contributed by atoms with van der Waals surface area (Å²) in [4.78, 5) is 20.0. The van der Waals surface area contributed by atoms with Crippen molar-refractivity contribution in [3.05, 3.63) is 45.4 Å². The van der Waals surface area contributed by atoms with Crippen molar-refractivity contribution < 1.29 is 22.4 Å². The second-order valence-corrected chi connectivity index (χ2v) is 7.88. The van der Waals surface area contributed by atoms with Crippen molar-refractivity contribution in [3.63, 3.8) is 0 Å². The van der Waals surface area contributed by atoms with E-state index in [1.165, 1.54) is 0 Å². The molecule has 2 aromatic heterocycles. The molecule has 5 nitrogen and oxygen atoms in total. The third kappa shape index (κ3) is 4.81. The number of carbonyl (C=O) groups excluding carboxylic acids is 1. The lowest BCUT2D eigenvalue weighted by molar-refractivity contribution is -0.138. The lowest BCUT2D eigenvalue weighted by atomic mass is 9.95. The maximum atomic E-state index is 12.8. The number of amides is 1. The Labute approximate surface area is 173 Å². The van der Waals surface area contributed by atoms with Crippen LogP contribution in [0.5, 0.6) is 0 Å². The first-order valence-corrected chi connectivity index (χ1v) is 9.79. The van der Waals surface area contributed by atoms with Crippen molar-refractivity contribution in [2.24, 2.45) is 5.92 Å². The van der Waals surface area contributed by atoms with E-state index in [0.29, 0.717) is 48.7 Å². The van der Waals surface area contributed by atoms with E-state index in [1.54, 1.807) is 24.1 Å². The first-order chi connectivity index (χ1) is 13.1. The number of pyridine rings is 1. The van der Waals surface area contributed by atoms with Crippen LogP contribution in [0.1, 0.15) is 24.2 Å². The van der Waals surface area contributed by atoms with Crippen LogP contribution in [0, 0.1) is 5.92 Å². The molecule has 0 aliphatic carbocycles. The number of halogens is 5. The topological polar surface area (TPSA) is 49.6 Å². The number of piperidine rings is 1. The van der Waals surface area contributed by atoms with Crippen molar-refractivity contribution in [2.45, 2.75) is 25.6 Å². The summed E-state index contributed by atoms with van der Waals surface area (Å²) in [5, 5.41) is -0.0416. The predicted octanol–water partition coefficient (Wildman–Crippen LogP) is 4.98. The zero-order valence-corrected chi connectivity index (χ0v) is 17.3. The van der Waals surface area contributed by atoms with Gasteiger partial charge in [-0.05, 0) is 47.0 Å². The van der Waals surface area contributed by atoms with Crippen LogP contribution in [0.15, 0.2) is 33.5 Å². The molecule has 0 bridgehead atoms. The number of rotatable bonds is 4. The molecule has 3 heterocycles. The van der Waals surface area contributed by atoms with Gasteiger partial charge in [0.1, 0.15) is 11.6 Å². The Morgan fingerprint density at radius 3 is 2.61 bits per heavy atom. The van der Waals surface area contributed by atoms with Gasteiger partial charge < -0.3 is 14.2 Å². The molecule has 0 radical (unpaired) electrons. The van der Waals surface area contributed by atoms with E-state index in [-0.39, 0.29) is 16.8 Å². The highest BCUT2D eigenvalue weighted by molar-refractivity contribution is 9.10. The largest absolute Gasteiger partial charge is 0.452 e. The number of furan rings is 1. The predicted molar refractivity (Wildman–Crippen MR) is 102 cm³/mol. The monoisotopic (exact) mass is 479 g/mol. The van der Waals surface area contributed by atoms with Crippen LogP contribution in [-0.2, 0) is 17.5 Å². The third-order valence-corrected chi connectivity index (χ3v) is 5.40. The lowest BCUT2D eigenvalue weighted by Gasteiger charge is -2.34. The number of nitrogens with zero attached hydrogens (tertiary/aromatic N) is 3. The molecule has 1 fully saturated rings. The van der Waals surface area contributed by atoms with Gasteiger partial charge in [0, 0.05) is 32.3 Å². The van der Waals surface area contributed by atoms with Gasteiger partial charge in [-0.2, -0.15) is 13.2 Å². The molecular formula is C18H18BrClF3N3O2. The molecule has 0 unspecified atom stereocenters. The zero-order chi connectivity index (χ0) is 20.5. The average molecular weight is 481 g/mol. The van der Waals surface area contributed by atoms with Crippen LogP contribution >= 0.6 is 27.5 Å². The number of hydrogen-bond acceptors (Lipinski definition) is 4. The van der Waals surface area contributed by atoms with Crippen LogP contribution in [0.25, 0.3) is 0 Å². The summed E-state index contributed by atoms with van der Waals surface area (Å²) in [5.74, 6) is 0.849. The maximum absolute atomic E-state index is 12.8. The molecule has 1 aliphatic heterocycles. The molecule has 28 heavy (non-hydrogen) atoms. The summed E-state index contributed by atoms with van der Waals surface area (Å²) >= 11 is 9.25. The minimum absolute atomic E-state index is 0.0126. The Kier molecular flexibility index (Phi) is 6.24. The maximum Gasteiger partial charge on any atom is 0.417 e. The molecule has 0 atom stereocenters. The number of alkyl halides is 3. The molecule has 1 saturated heterocycles. The van der Waals surface area contributed by atoms with Gasteiger partial charge in [0.15, 0.2) is 4.67 Å². The third-order valence-electron chi connectivity index (χ3n) is 4.69. The molecule has 0 saturated carbocycles. The zero-order valence-electron chi connectivity index (χ0n) is 15.0. The number of carbonyl (C=O) groups is 1. The van der Waals surface area contributed by atoms with Gasteiger partial charge >= 0.3 is 6.18 Å². The van der Waals surface area contributed by atoms with Gasteiger partial charge in [0.2, 0.25) is 5.91 Å². The molecule has 2 aromatic rings. The number of aromatic nitrogens is 1. The molecule has 0 spiro atoms. The second-order valence-electron chi connectivity index (χ2n) is 6.69. The standard InChI is InChI=1S/C18H18BrClF3N3O2/c1-25(10-13-2-3-15(19)28-13)17(27)11-4-6-26(7-5-11)16-14(20)8-12(9-24-16)18(21,22)23/h2-3,8-9,11H,4-7,10H2,1H3. The Morgan fingerprint density at radius 1 is 1.39 bits per heavy atom. The van der Waals surface area contributed by atoms with Gasteiger partial charge in [-0.25, -0.2) is 4.98 Å². The molecular weight excluding hydrogens is 463 g/mol. The lowest BCUT2D eigenvalue weighted by Crippen LogP contribution is -2.41. The molecule has 0 aromatic carbocycles. The average Bonchev–Trinajstić information content (AvgIpc) is 3.05. The fourth-order valence-corrected chi connectivity index (χ4v) is 3.84. The minimum atomic E-state index is -4.48. The van der Waals surface area contributed by atoms with E-state index < -0.39 is 11.7 Å². The van der Waals surface area contributed by atoms with Crippen molar-refractivity contribution in [1.82, 2.24) is 9.88 Å². The summed E-state index contributed by atoms with van der Waals surface area (Å²) in [5.41, 5.74) is -0.877. The second kappa shape index (κ2) is 8.32. The van der Waals surface area contributed by atoms with Crippen molar-refractivity contribution in [2.75, 3.05) is 25.0 Å². The molecule has 10 heteroatoms. The summed E-state index contributed by atoms with van der Waals surface area (Å²) in [6.45, 7) is 1.36. The van der Waals surface area contributed by atoms with E-state index >= 15 is 0 Å². The minimum Gasteiger partial charge on any atom is -0.452 e. The van der Waals surface area contributed by atoms with Gasteiger partial charge in [0.25, 0.3) is 0 Å². The SMILES string of the molecule is CN(Cc1ccc(Br)o1)C(=O)C1CCN(c2ncc(C(F)(F)F)cc2Cl)CC1. The van der Waals surface area contributed by atoms with Gasteiger partial charge in [-0.3, -0.25) is 4.79 Å². The van der Waals surface area contributed by atoms with Crippen LogP contribution in [0.4, 0.5) is 19.0 Å². The summed E-state index contributed by atoms with van der Waals surface area (Å²) in [7, 11) is 1.72. The highest BCUT2D eigenvalue weighted by Gasteiger charge is 2.33. The van der Waals surface area contributed by atoms with E-state index in [2.05, 4.69) is 20.9 Å². The Morgan fingerprint density at radius 2 is 2.07 bits per heavy atom. The Hall–Kier alpha value is -1.74. The van der Waals surface area contributed by atoms with E-state index in [1.807, 2.05) is 4.90 Å². The van der Waals surface area contributed by atoms with Crippen LogP contribution < -0.4 is 4.90 Å². The van der Waals surface area contributed by atoms with Crippen LogP contribution in [0.3, 0.4) is 0 Å². The molecule has 152 valence electrons. The van der Waals surface area contributed by atoms with E-state index in [4.69, 9.17) is 16.0 Å². The van der Waals surface area contributed by atoms with Crippen molar-refractivity contribution >= 4 is 39.3 Å². The quantitative estimate of drug-likeness (QED) is 0.619. The van der Waals surface area contributed by atoms with Gasteiger partial charge in [-0.15, -0.1) is 0 Å². The summed E-state index contributed by atoms with van der Waals surface area (Å²) < 4.78 is 44.3. The highest BCUT2D eigenvalue weighted by atomic mass is 79.9. The van der Waals surface area contributed by atoms with Gasteiger partial charge in [0.05, 0.1) is 17.1 Å². The fourth-order valence-electron chi connectivity index (χ4n) is 3.22. The first-order valence-electron chi connectivity index (χ1n) is 8.62. The van der Waals surface area contributed by atoms with Gasteiger partial charge in [-0.1, -0.05) is 11.6 Å². The summed E-state index contributed by atoms with van der Waals surface area (Å²) in [6.07, 6.45) is -2.55. The first kappa shape index (κ1) is 21.0. The van der Waals surface area contributed by atoms with E-state index in [9.17, 15) is 18.0 Å². The van der Waals surface area contributed by atoms with Crippen LogP contribution in [-0.4, -0.2) is 35.9 Å². The number of hydrogen-bond donors (Lipinski definition) is 0. The van der Waals surface area contributed by atoms with Crippen molar-refractivity contribution in [1.29, 1.82) is 0 Å². The van der Waals surface area contributed by atoms with Crippen LogP contribution in [0.2, 0.25) is 5.02 Å². The fraction of sp³-hybridized carbons (Fsp3) is 0.444. The summed E-state index contributed by atoms with van der Waals surface area (Å²) in [6, 6.07) is 4.46. The molecule has 1 amide bonds. The molecule has 3 rings (SSSR count). The normalized spacial score (nSPS) is 15.7. The smallest absolute Gasteiger partial charge is 0.417 e. The van der Waals surface area contributed by atoms with Crippen molar-refractivity contribution in [3.8, 4) is 0 Å². The Bertz CT molecular complexity index is 851. The highest BCUT2D eigenvalue weighted by Crippen LogP contribution is 2.34. The molecule has 1 aliphatic rings.